The van der Waals surface area contributed by atoms with E-state index in [4.69, 9.17) is 23.2 Å². The Morgan fingerprint density at radius 1 is 0.949 bits per heavy atom. The highest BCUT2D eigenvalue weighted by Crippen LogP contribution is 2.28. The van der Waals surface area contributed by atoms with Crippen molar-refractivity contribution in [3.05, 3.63) is 106 Å². The number of sulfonamides is 1. The summed E-state index contributed by atoms with van der Waals surface area (Å²) in [6.07, 6.45) is 1.53. The number of nitrogens with one attached hydrogen (secondary N) is 1. The van der Waals surface area contributed by atoms with Crippen molar-refractivity contribution in [2.75, 3.05) is 19.6 Å². The number of nitrogens with zero attached hydrogens (tertiary/aromatic N) is 3. The maximum Gasteiger partial charge on any atom is 0.253 e. The molecule has 0 bridgehead atoms. The van der Waals surface area contributed by atoms with E-state index in [1.165, 1.54) is 17.2 Å². The Bertz CT molecular complexity index is 1640. The maximum absolute atomic E-state index is 14.0. The van der Waals surface area contributed by atoms with Gasteiger partial charge in [-0.25, -0.2) is 8.42 Å². The molecule has 1 unspecified atom stereocenters. The van der Waals surface area contributed by atoms with Gasteiger partial charge >= 0.3 is 0 Å². The lowest BCUT2D eigenvalue weighted by molar-refractivity contribution is -0.126. The minimum absolute atomic E-state index is 0.00183. The first-order chi connectivity index (χ1) is 18.8. The molecular weight excluding hydrogens is 559 g/mol. The fourth-order valence-electron chi connectivity index (χ4n) is 4.59. The minimum Gasteiger partial charge on any atom is -0.351 e. The Balaban J connectivity index is 1.47. The number of amides is 2. The van der Waals surface area contributed by atoms with Crippen LogP contribution in [0.25, 0.3) is 10.9 Å². The molecule has 1 aliphatic rings. The number of halogens is 2. The van der Waals surface area contributed by atoms with Crippen molar-refractivity contribution in [3.63, 3.8) is 0 Å². The number of para-hydroxylation sites is 1. The highest BCUT2D eigenvalue weighted by molar-refractivity contribution is 7.89. The summed E-state index contributed by atoms with van der Waals surface area (Å²) in [6, 6.07) is 20.8. The zero-order valence-corrected chi connectivity index (χ0v) is 23.0. The summed E-state index contributed by atoms with van der Waals surface area (Å²) in [5.41, 5.74) is 1.39. The molecule has 11 heteroatoms. The van der Waals surface area contributed by atoms with Gasteiger partial charge in [-0.05, 0) is 42.0 Å². The van der Waals surface area contributed by atoms with Crippen LogP contribution in [-0.2, 0) is 21.4 Å². The fraction of sp³-hybridized carbons (Fsp3) is 0.179. The lowest BCUT2D eigenvalue weighted by Crippen LogP contribution is -2.61. The Hall–Kier alpha value is -3.50. The minimum atomic E-state index is -4.16. The second-order valence-corrected chi connectivity index (χ2v) is 11.7. The van der Waals surface area contributed by atoms with E-state index in [2.05, 4.69) is 10.3 Å². The molecule has 8 nitrogen and oxygen atoms in total. The van der Waals surface area contributed by atoms with Gasteiger partial charge in [0.05, 0.1) is 5.52 Å². The molecule has 0 spiro atoms. The normalized spacial score (nSPS) is 16.3. The molecule has 39 heavy (non-hydrogen) atoms. The third kappa shape index (κ3) is 5.62. The van der Waals surface area contributed by atoms with Crippen LogP contribution in [0.4, 0.5) is 0 Å². The van der Waals surface area contributed by atoms with Crippen molar-refractivity contribution < 1.29 is 18.0 Å². The summed E-state index contributed by atoms with van der Waals surface area (Å²) < 4.78 is 29.1. The Morgan fingerprint density at radius 3 is 2.49 bits per heavy atom. The van der Waals surface area contributed by atoms with E-state index in [9.17, 15) is 18.0 Å². The number of pyridine rings is 1. The summed E-state index contributed by atoms with van der Waals surface area (Å²) >= 11 is 12.2. The third-order valence-corrected chi connectivity index (χ3v) is 9.12. The van der Waals surface area contributed by atoms with E-state index in [1.54, 1.807) is 72.8 Å². The van der Waals surface area contributed by atoms with Crippen LogP contribution >= 0.6 is 23.2 Å². The first kappa shape index (κ1) is 27.1. The van der Waals surface area contributed by atoms with Crippen molar-refractivity contribution in [3.8, 4) is 0 Å². The average Bonchev–Trinajstić information content (AvgIpc) is 2.96. The van der Waals surface area contributed by atoms with Gasteiger partial charge in [0, 0.05) is 53.4 Å². The number of fused-ring (bicyclic) bond motifs is 1. The molecule has 4 aromatic rings. The monoisotopic (exact) mass is 582 g/mol. The lowest BCUT2D eigenvalue weighted by Gasteiger charge is -2.39. The molecule has 1 fully saturated rings. The Labute approximate surface area is 236 Å². The van der Waals surface area contributed by atoms with Crippen LogP contribution in [0.1, 0.15) is 15.9 Å². The van der Waals surface area contributed by atoms with Crippen molar-refractivity contribution in [2.24, 2.45) is 0 Å². The lowest BCUT2D eigenvalue weighted by atomic mass is 10.1. The molecule has 1 atom stereocenters. The number of rotatable bonds is 6. The summed E-state index contributed by atoms with van der Waals surface area (Å²) in [4.78, 5) is 32.6. The van der Waals surface area contributed by atoms with Gasteiger partial charge in [-0.15, -0.1) is 0 Å². The van der Waals surface area contributed by atoms with E-state index >= 15 is 0 Å². The quantitative estimate of drug-likeness (QED) is 0.364. The van der Waals surface area contributed by atoms with E-state index in [0.717, 1.165) is 4.31 Å². The molecule has 5 rings (SSSR count). The molecule has 1 aromatic heterocycles. The molecule has 2 amide bonds. The smallest absolute Gasteiger partial charge is 0.253 e. The van der Waals surface area contributed by atoms with Crippen LogP contribution in [0.15, 0.2) is 90.0 Å². The molecule has 0 aliphatic carbocycles. The number of piperazine rings is 1. The van der Waals surface area contributed by atoms with Crippen LogP contribution in [0, 0.1) is 0 Å². The van der Waals surface area contributed by atoms with Gasteiger partial charge in [0.1, 0.15) is 10.9 Å². The van der Waals surface area contributed by atoms with Crippen LogP contribution in [-0.4, -0.2) is 60.1 Å². The van der Waals surface area contributed by atoms with Crippen molar-refractivity contribution in [1.29, 1.82) is 0 Å². The topological polar surface area (TPSA) is 99.7 Å². The standard InChI is InChI=1S/C28H24Cl2N4O4S/c29-22-12-11-21(23(30)16-22)17-32-27(35)24-18-33(28(36)20-6-2-1-3-7-20)14-15-34(24)39(37,38)25-10-4-8-19-9-5-13-31-26(19)25/h1-13,16,24H,14-15,17-18H2,(H,32,35). The number of carbonyl (C=O) groups excluding carboxylic acids is 2. The molecule has 1 aliphatic heterocycles. The van der Waals surface area contributed by atoms with Crippen LogP contribution in [0.2, 0.25) is 10.0 Å². The molecule has 1 saturated heterocycles. The predicted molar refractivity (Wildman–Crippen MR) is 150 cm³/mol. The van der Waals surface area contributed by atoms with Gasteiger partial charge in [-0.2, -0.15) is 4.31 Å². The second kappa shape index (κ2) is 11.3. The summed E-state index contributed by atoms with van der Waals surface area (Å²) in [6.45, 7) is -0.00509. The largest absolute Gasteiger partial charge is 0.351 e. The number of benzene rings is 3. The van der Waals surface area contributed by atoms with E-state index in [1.807, 2.05) is 0 Å². The predicted octanol–water partition coefficient (Wildman–Crippen LogP) is 4.37. The van der Waals surface area contributed by atoms with Crippen LogP contribution in [0.5, 0.6) is 0 Å². The molecule has 200 valence electrons. The zero-order chi connectivity index (χ0) is 27.6. The first-order valence-electron chi connectivity index (χ1n) is 12.2. The fourth-order valence-corrected chi connectivity index (χ4v) is 6.80. The van der Waals surface area contributed by atoms with E-state index < -0.39 is 22.0 Å². The molecule has 2 heterocycles. The van der Waals surface area contributed by atoms with Crippen molar-refractivity contribution in [1.82, 2.24) is 19.5 Å². The Morgan fingerprint density at radius 2 is 1.72 bits per heavy atom. The second-order valence-electron chi connectivity index (χ2n) is 9.03. The van der Waals surface area contributed by atoms with E-state index in [-0.39, 0.29) is 37.0 Å². The Kier molecular flexibility index (Phi) is 7.86. The molecule has 3 aromatic carbocycles. The highest BCUT2D eigenvalue weighted by Gasteiger charge is 2.42. The third-order valence-electron chi connectivity index (χ3n) is 6.59. The molecule has 0 radical (unpaired) electrons. The van der Waals surface area contributed by atoms with Gasteiger partial charge in [0.25, 0.3) is 5.91 Å². The number of carbonyl (C=O) groups is 2. The number of hydrogen-bond acceptors (Lipinski definition) is 5. The van der Waals surface area contributed by atoms with Gasteiger partial charge in [-0.3, -0.25) is 14.6 Å². The highest BCUT2D eigenvalue weighted by atomic mass is 35.5. The van der Waals surface area contributed by atoms with Gasteiger partial charge in [0.15, 0.2) is 0 Å². The van der Waals surface area contributed by atoms with E-state index in [0.29, 0.717) is 32.1 Å². The molecule has 0 saturated carbocycles. The molecular formula is C28H24Cl2N4O4S. The van der Waals surface area contributed by atoms with Gasteiger partial charge in [-0.1, -0.05) is 65.7 Å². The summed E-state index contributed by atoms with van der Waals surface area (Å²) in [5.74, 6) is -0.832. The average molecular weight is 583 g/mol. The van der Waals surface area contributed by atoms with Crippen LogP contribution in [0.3, 0.4) is 0 Å². The van der Waals surface area contributed by atoms with Crippen LogP contribution < -0.4 is 5.32 Å². The van der Waals surface area contributed by atoms with Gasteiger partial charge in [0.2, 0.25) is 15.9 Å². The summed E-state index contributed by atoms with van der Waals surface area (Å²) in [7, 11) is -4.16. The zero-order valence-electron chi connectivity index (χ0n) is 20.6. The SMILES string of the molecule is O=C(NCc1ccc(Cl)cc1Cl)C1CN(C(=O)c2ccccc2)CCN1S(=O)(=O)c1cccc2cccnc12. The van der Waals surface area contributed by atoms with Crippen molar-refractivity contribution in [2.45, 2.75) is 17.5 Å². The molecule has 1 N–H and O–H groups in total. The number of aromatic nitrogens is 1. The van der Waals surface area contributed by atoms with Gasteiger partial charge < -0.3 is 10.2 Å². The summed E-state index contributed by atoms with van der Waals surface area (Å²) in [5, 5.41) is 4.29. The number of hydrogen-bond donors (Lipinski definition) is 1. The maximum atomic E-state index is 14.0. The first-order valence-corrected chi connectivity index (χ1v) is 14.4. The van der Waals surface area contributed by atoms with Crippen molar-refractivity contribution >= 4 is 55.9 Å².